The van der Waals surface area contributed by atoms with Crippen LogP contribution in [0.1, 0.15) is 61.8 Å². The van der Waals surface area contributed by atoms with Crippen LogP contribution < -0.4 is 9.80 Å². The number of halogens is 1. The second-order valence-electron chi connectivity index (χ2n) is 12.3. The molecule has 2 fully saturated rings. The van der Waals surface area contributed by atoms with Crippen LogP contribution in [0.5, 0.6) is 0 Å². The molecule has 286 valence electrons. The summed E-state index contributed by atoms with van der Waals surface area (Å²) >= 11 is 2.79. The quantitative estimate of drug-likeness (QED) is 0.199. The van der Waals surface area contributed by atoms with Crippen LogP contribution in [-0.4, -0.2) is 108 Å². The zero-order valence-electron chi connectivity index (χ0n) is 29.7. The van der Waals surface area contributed by atoms with E-state index in [1.807, 2.05) is 46.5 Å². The molecule has 2 amide bonds. The zero-order valence-corrected chi connectivity index (χ0v) is 32.1. The highest BCUT2D eigenvalue weighted by Gasteiger charge is 2.20. The Balaban J connectivity index is 0.000000275. The first-order chi connectivity index (χ1) is 24.6. The maximum absolute atomic E-state index is 11.5. The van der Waals surface area contributed by atoms with Crippen LogP contribution in [0.25, 0.3) is 0 Å². The molecule has 0 spiro atoms. The molecule has 4 aromatic heterocycles. The molecule has 0 atom stereocenters. The fraction of sp³-hybridized carbons (Fsp3) is 0.421. The van der Waals surface area contributed by atoms with Crippen molar-refractivity contribution in [2.24, 2.45) is 0 Å². The summed E-state index contributed by atoms with van der Waals surface area (Å²) in [5.41, 5.74) is 4.21. The molecule has 4 aromatic rings. The number of carboxylic acids is 1. The van der Waals surface area contributed by atoms with E-state index in [-0.39, 0.29) is 37.6 Å². The molecule has 0 radical (unpaired) electrons. The first kappa shape index (κ1) is 42.9. The number of carbonyl (C=O) groups is 4. The van der Waals surface area contributed by atoms with E-state index < -0.39 is 5.97 Å². The van der Waals surface area contributed by atoms with Crippen LogP contribution in [0.4, 0.5) is 11.4 Å². The van der Waals surface area contributed by atoms with Crippen molar-refractivity contribution in [2.75, 3.05) is 69.3 Å². The van der Waals surface area contributed by atoms with E-state index in [0.29, 0.717) is 9.75 Å². The van der Waals surface area contributed by atoms with Crippen LogP contribution in [0.15, 0.2) is 60.9 Å². The Morgan fingerprint density at radius 3 is 1.40 bits per heavy atom. The maximum Gasteiger partial charge on any atom is 0.348 e. The predicted octanol–water partition coefficient (Wildman–Crippen LogP) is 5.74. The van der Waals surface area contributed by atoms with E-state index in [9.17, 15) is 19.2 Å². The molecule has 1 N–H and O–H groups in total. The number of thiophene rings is 2. The molecule has 0 bridgehead atoms. The summed E-state index contributed by atoms with van der Waals surface area (Å²) in [4.78, 5) is 65.8. The van der Waals surface area contributed by atoms with Crippen LogP contribution in [-0.2, 0) is 40.0 Å². The van der Waals surface area contributed by atoms with Crippen LogP contribution in [0, 0.1) is 0 Å². The van der Waals surface area contributed by atoms with Gasteiger partial charge in [0.1, 0.15) is 9.75 Å². The minimum absolute atomic E-state index is 0. The summed E-state index contributed by atoms with van der Waals surface area (Å²) in [5, 5.41) is 8.96. The second kappa shape index (κ2) is 20.6. The lowest BCUT2D eigenvalue weighted by Crippen LogP contribution is -2.48. The fourth-order valence-electron chi connectivity index (χ4n) is 5.91. The molecule has 12 nitrogen and oxygen atoms in total. The fourth-order valence-corrected chi connectivity index (χ4v) is 7.69. The highest BCUT2D eigenvalue weighted by molar-refractivity contribution is 7.14. The van der Waals surface area contributed by atoms with Gasteiger partial charge in [0.05, 0.1) is 30.9 Å². The molecule has 2 aliphatic heterocycles. The number of esters is 1. The van der Waals surface area contributed by atoms with Gasteiger partial charge in [-0.2, -0.15) is 0 Å². The van der Waals surface area contributed by atoms with Gasteiger partial charge in [-0.15, -0.1) is 35.1 Å². The largest absolute Gasteiger partial charge is 0.477 e. The lowest BCUT2D eigenvalue weighted by atomic mass is 10.2. The molecule has 53 heavy (non-hydrogen) atoms. The van der Waals surface area contributed by atoms with Gasteiger partial charge in [-0.3, -0.25) is 19.6 Å². The summed E-state index contributed by atoms with van der Waals surface area (Å²) < 4.78 is 4.74. The molecule has 2 aliphatic rings. The van der Waals surface area contributed by atoms with Gasteiger partial charge in [0, 0.05) is 87.3 Å². The molecule has 6 rings (SSSR count). The lowest BCUT2D eigenvalue weighted by Gasteiger charge is -2.35. The first-order valence-electron chi connectivity index (χ1n) is 17.0. The highest BCUT2D eigenvalue weighted by atomic mass is 35.5. The van der Waals surface area contributed by atoms with Gasteiger partial charge in [0.15, 0.2) is 0 Å². The maximum atomic E-state index is 11.5. The minimum atomic E-state index is -0.872. The van der Waals surface area contributed by atoms with Crippen molar-refractivity contribution in [1.82, 2.24) is 19.8 Å². The van der Waals surface area contributed by atoms with Crippen LogP contribution in [0.2, 0.25) is 0 Å². The summed E-state index contributed by atoms with van der Waals surface area (Å²) in [6.07, 6.45) is 7.06. The number of hydrogen-bond donors (Lipinski definition) is 1. The van der Waals surface area contributed by atoms with Crippen molar-refractivity contribution in [3.63, 3.8) is 0 Å². The molecule has 0 unspecified atom stereocenters. The summed E-state index contributed by atoms with van der Waals surface area (Å²) in [5.74, 6) is -0.882. The molecular weight excluding hydrogens is 736 g/mol. The molecule has 15 heteroatoms. The van der Waals surface area contributed by atoms with Crippen molar-refractivity contribution in [1.29, 1.82) is 0 Å². The number of carboxylic acid groups (broad SMARTS) is 1. The number of anilines is 2. The number of pyridine rings is 2. The smallest absolute Gasteiger partial charge is 0.348 e. The van der Waals surface area contributed by atoms with Gasteiger partial charge in [-0.05, 0) is 74.2 Å². The topological polar surface area (TPSA) is 136 Å². The normalized spacial score (nSPS) is 13.9. The van der Waals surface area contributed by atoms with E-state index in [1.165, 1.54) is 29.8 Å². The Labute approximate surface area is 325 Å². The van der Waals surface area contributed by atoms with Gasteiger partial charge < -0.3 is 29.4 Å². The van der Waals surface area contributed by atoms with Gasteiger partial charge in [-0.1, -0.05) is 7.43 Å². The number of piperazine rings is 2. The minimum Gasteiger partial charge on any atom is -0.477 e. The van der Waals surface area contributed by atoms with Gasteiger partial charge >= 0.3 is 11.9 Å². The standard InChI is InChI=1S/C19H23N3O3S.C18H21N3O3S.CH4.ClH/c1-14(23)21-9-11-22(12-10-21)16-5-3-15(20-13-16)4-6-17-7-8-18(26-17)19(24)25-2;1-13(22)20-8-10-21(11-9-20)15-4-2-14(19-12-15)3-5-16-6-7-17(25-16)18(23)24;;/h3,5,7-8,13H,4,6,9-12H2,1-2H3;2,4,6-7,12H,3,5,8-11H2,1H3,(H,23,24);1H4;1H. The van der Waals surface area contributed by atoms with Crippen molar-refractivity contribution in [2.45, 2.75) is 47.0 Å². The number of hydrogen-bond acceptors (Lipinski definition) is 11. The molecular formula is C38H49ClN6O6S2. The number of methoxy groups -OCH3 is 1. The molecule has 0 saturated carbocycles. The first-order valence-corrected chi connectivity index (χ1v) is 18.6. The number of carbonyl (C=O) groups excluding carboxylic acids is 3. The Bertz CT molecular complexity index is 1780. The number of nitrogens with zero attached hydrogens (tertiary/aromatic N) is 6. The summed E-state index contributed by atoms with van der Waals surface area (Å²) in [6, 6.07) is 15.6. The predicted molar refractivity (Wildman–Crippen MR) is 213 cm³/mol. The average Bonchev–Trinajstić information content (AvgIpc) is 3.84. The molecule has 0 aliphatic carbocycles. The van der Waals surface area contributed by atoms with Crippen LogP contribution in [0.3, 0.4) is 0 Å². The molecule has 0 aromatic carbocycles. The number of rotatable bonds is 10. The van der Waals surface area contributed by atoms with E-state index in [1.54, 1.807) is 19.9 Å². The number of amides is 2. The SMILES string of the molecule is C.CC(=O)N1CCN(c2ccc(CCc3ccc(C(=O)O)s3)nc2)CC1.COC(=O)c1ccc(CCc2ccc(N3CCN(C(C)=O)CC3)cn2)s1.Cl. The second-order valence-corrected chi connectivity index (χ2v) is 14.7. The van der Waals surface area contributed by atoms with Crippen molar-refractivity contribution in [3.05, 3.63) is 91.8 Å². The van der Waals surface area contributed by atoms with Crippen LogP contribution >= 0.6 is 35.1 Å². The zero-order chi connectivity index (χ0) is 36.3. The number of ether oxygens (including phenoxy) is 1. The Morgan fingerprint density at radius 2 is 1.06 bits per heavy atom. The van der Waals surface area contributed by atoms with E-state index >= 15 is 0 Å². The third-order valence-electron chi connectivity index (χ3n) is 8.97. The number of aryl methyl sites for hydroxylation is 4. The monoisotopic (exact) mass is 784 g/mol. The summed E-state index contributed by atoms with van der Waals surface area (Å²) in [6.45, 7) is 9.59. The summed E-state index contributed by atoms with van der Waals surface area (Å²) in [7, 11) is 1.40. The average molecular weight is 785 g/mol. The van der Waals surface area contributed by atoms with E-state index in [0.717, 1.165) is 111 Å². The van der Waals surface area contributed by atoms with Crippen molar-refractivity contribution >= 4 is 70.2 Å². The Hall–Kier alpha value is -4.53. The Morgan fingerprint density at radius 1 is 0.642 bits per heavy atom. The number of aromatic nitrogens is 2. The van der Waals surface area contributed by atoms with E-state index in [4.69, 9.17) is 9.84 Å². The van der Waals surface area contributed by atoms with Crippen molar-refractivity contribution in [3.8, 4) is 0 Å². The Kier molecular flexibility index (Phi) is 16.7. The molecule has 6 heterocycles. The van der Waals surface area contributed by atoms with E-state index in [2.05, 4.69) is 38.0 Å². The third kappa shape index (κ3) is 12.3. The van der Waals surface area contributed by atoms with Gasteiger partial charge in [0.2, 0.25) is 11.8 Å². The van der Waals surface area contributed by atoms with Crippen molar-refractivity contribution < 1.29 is 29.0 Å². The molecule has 2 saturated heterocycles. The number of aromatic carboxylic acids is 1. The lowest BCUT2D eigenvalue weighted by molar-refractivity contribution is -0.129. The van der Waals surface area contributed by atoms with Gasteiger partial charge in [0.25, 0.3) is 0 Å². The highest BCUT2D eigenvalue weighted by Crippen LogP contribution is 2.22. The third-order valence-corrected chi connectivity index (χ3v) is 11.2. The van der Waals surface area contributed by atoms with Gasteiger partial charge in [-0.25, -0.2) is 9.59 Å².